The maximum absolute atomic E-state index is 12.0. The van der Waals surface area contributed by atoms with Crippen molar-refractivity contribution in [1.82, 2.24) is 5.32 Å². The molecule has 9 nitrogen and oxygen atoms in total. The van der Waals surface area contributed by atoms with Crippen LogP contribution in [-0.4, -0.2) is 52.6 Å². The number of carbonyl (C=O) groups is 2. The molecule has 7 rings (SSSR count). The van der Waals surface area contributed by atoms with E-state index in [1.54, 1.807) is 21.1 Å². The molecule has 0 bridgehead atoms. The molecule has 276 valence electrons. The summed E-state index contributed by atoms with van der Waals surface area (Å²) in [5, 5.41) is 4.58. The lowest BCUT2D eigenvalue weighted by atomic mass is 9.76. The second-order valence-corrected chi connectivity index (χ2v) is 13.8. The number of nitrogens with one attached hydrogen (secondary N) is 1. The molecule has 1 aliphatic heterocycles. The number of esters is 1. The number of hydrogen-bond donors (Lipinski definition) is 1. The van der Waals surface area contributed by atoms with Crippen LogP contribution in [-0.2, 0) is 25.3 Å². The summed E-state index contributed by atoms with van der Waals surface area (Å²) >= 11 is 0. The van der Waals surface area contributed by atoms with E-state index in [1.807, 2.05) is 54.6 Å². The molecule has 1 unspecified atom stereocenters. The second-order valence-electron chi connectivity index (χ2n) is 13.8. The van der Waals surface area contributed by atoms with Gasteiger partial charge in [-0.25, -0.2) is 9.59 Å². The summed E-state index contributed by atoms with van der Waals surface area (Å²) < 4.78 is 34.9. The first kappa shape index (κ1) is 36.2. The zero-order valence-electron chi connectivity index (χ0n) is 31.1. The van der Waals surface area contributed by atoms with E-state index in [0.717, 1.165) is 44.7 Å². The fourth-order valence-electron chi connectivity index (χ4n) is 7.42. The first-order chi connectivity index (χ1) is 26.1. The molecular weight excluding hydrogens is 682 g/mol. The molecule has 0 aromatic heterocycles. The quantitative estimate of drug-likeness (QED) is 0.0775. The van der Waals surface area contributed by atoms with Crippen molar-refractivity contribution in [3.63, 3.8) is 0 Å². The highest BCUT2D eigenvalue weighted by molar-refractivity contribution is 6.09. The van der Waals surface area contributed by atoms with Crippen LogP contribution in [0.15, 0.2) is 109 Å². The van der Waals surface area contributed by atoms with Gasteiger partial charge < -0.3 is 33.7 Å². The molecule has 1 atom stereocenters. The summed E-state index contributed by atoms with van der Waals surface area (Å²) in [5.74, 6) is 2.45. The molecule has 0 fully saturated rings. The molecule has 54 heavy (non-hydrogen) atoms. The normalized spacial score (nSPS) is 15.9. The van der Waals surface area contributed by atoms with Crippen LogP contribution in [0, 0.1) is 0 Å². The lowest BCUT2D eigenvalue weighted by molar-refractivity contribution is -0.138. The summed E-state index contributed by atoms with van der Waals surface area (Å²) in [6.45, 7) is 9.93. The maximum atomic E-state index is 12.0. The average Bonchev–Trinajstić information content (AvgIpc) is 3.43. The molecule has 5 aromatic carbocycles. The van der Waals surface area contributed by atoms with Crippen LogP contribution in [0.5, 0.6) is 23.0 Å². The Balaban J connectivity index is 1.18. The third-order valence-electron chi connectivity index (χ3n) is 10.1. The first-order valence-electron chi connectivity index (χ1n) is 17.8. The van der Waals surface area contributed by atoms with Crippen molar-refractivity contribution >= 4 is 28.9 Å². The van der Waals surface area contributed by atoms with Crippen LogP contribution < -0.4 is 24.3 Å². The van der Waals surface area contributed by atoms with Gasteiger partial charge in [-0.2, -0.15) is 0 Å². The number of carbonyl (C=O) groups excluding carboxylic acids is 2. The van der Waals surface area contributed by atoms with Crippen molar-refractivity contribution in [2.75, 3.05) is 40.6 Å². The number of hydrogen-bond acceptors (Lipinski definition) is 8. The second kappa shape index (κ2) is 14.7. The van der Waals surface area contributed by atoms with Gasteiger partial charge in [0.05, 0.1) is 20.8 Å². The Bertz CT molecular complexity index is 2280. The molecule has 0 saturated heterocycles. The SMILES string of the molecule is C=C(C)C(=O)OCCNC(=O)OCCOc1ccc(C2(c3ccccc3)C=Cc3c4c(c5ccc(OC)cc5c3O2)-c2ccc(OC)cc2C4(C)C)cc1. The molecule has 5 aromatic rings. The Hall–Kier alpha value is -6.22. The maximum Gasteiger partial charge on any atom is 0.407 e. The van der Waals surface area contributed by atoms with Crippen molar-refractivity contribution < 1.29 is 38.0 Å². The van der Waals surface area contributed by atoms with Gasteiger partial charge in [0.1, 0.15) is 42.8 Å². The lowest BCUT2D eigenvalue weighted by Gasteiger charge is -2.38. The number of amides is 1. The Kier molecular flexibility index (Phi) is 9.81. The molecule has 1 amide bonds. The van der Waals surface area contributed by atoms with Crippen molar-refractivity contribution in [2.45, 2.75) is 31.8 Å². The van der Waals surface area contributed by atoms with E-state index >= 15 is 0 Å². The molecule has 9 heteroatoms. The van der Waals surface area contributed by atoms with Crippen LogP contribution in [0.1, 0.15) is 48.6 Å². The largest absolute Gasteiger partial charge is 0.497 e. The fraction of sp³-hybridized carbons (Fsp3) is 0.244. The van der Waals surface area contributed by atoms with Gasteiger partial charge in [0, 0.05) is 33.1 Å². The van der Waals surface area contributed by atoms with E-state index in [0.29, 0.717) is 11.3 Å². The summed E-state index contributed by atoms with van der Waals surface area (Å²) in [4.78, 5) is 23.5. The van der Waals surface area contributed by atoms with Gasteiger partial charge in [0.15, 0.2) is 5.60 Å². The lowest BCUT2D eigenvalue weighted by Crippen LogP contribution is -2.35. The number of rotatable bonds is 12. The standard InChI is InChI=1S/C45H43NO8/c1-28(2)42(47)52-23-22-46-43(48)53-25-24-51-31-14-12-30(13-15-31)45(29-10-8-7-9-11-29)21-20-36-40-39(34-18-16-32(49-5)26-37(34)41(36)54-45)35-19-17-33(50-6)27-38(35)44(40,3)4/h7-21,26-27H,1,22-25H2,2-6H3,(H,46,48). The molecule has 1 N–H and O–H groups in total. The van der Waals surface area contributed by atoms with E-state index in [-0.39, 0.29) is 31.8 Å². The van der Waals surface area contributed by atoms with Gasteiger partial charge in [0.2, 0.25) is 0 Å². The van der Waals surface area contributed by atoms with Gasteiger partial charge >= 0.3 is 12.1 Å². The third kappa shape index (κ3) is 6.51. The Labute approximate surface area is 315 Å². The number of ether oxygens (including phenoxy) is 6. The number of benzene rings is 5. The van der Waals surface area contributed by atoms with E-state index in [2.05, 4.69) is 74.3 Å². The first-order valence-corrected chi connectivity index (χ1v) is 17.8. The smallest absolute Gasteiger partial charge is 0.407 e. The Morgan fingerprint density at radius 2 is 1.46 bits per heavy atom. The van der Waals surface area contributed by atoms with Crippen LogP contribution in [0.3, 0.4) is 0 Å². The third-order valence-corrected chi connectivity index (χ3v) is 10.1. The molecule has 1 heterocycles. The Morgan fingerprint density at radius 3 is 2.19 bits per heavy atom. The summed E-state index contributed by atoms with van der Waals surface area (Å²) in [6.07, 6.45) is 3.74. The van der Waals surface area contributed by atoms with Gasteiger partial charge in [-0.3, -0.25) is 0 Å². The fourth-order valence-corrected chi connectivity index (χ4v) is 7.42. The van der Waals surface area contributed by atoms with E-state index in [1.165, 1.54) is 22.3 Å². The monoisotopic (exact) mass is 725 g/mol. The molecule has 0 saturated carbocycles. The highest BCUT2D eigenvalue weighted by Gasteiger charge is 2.44. The van der Waals surface area contributed by atoms with Crippen LogP contribution in [0.4, 0.5) is 4.79 Å². The van der Waals surface area contributed by atoms with Crippen LogP contribution in [0.25, 0.3) is 28.0 Å². The highest BCUT2D eigenvalue weighted by atomic mass is 16.6. The van der Waals surface area contributed by atoms with E-state index in [9.17, 15) is 9.59 Å². The van der Waals surface area contributed by atoms with Crippen LogP contribution in [0.2, 0.25) is 0 Å². The molecular formula is C45H43NO8. The molecule has 2 aliphatic rings. The predicted octanol–water partition coefficient (Wildman–Crippen LogP) is 8.74. The summed E-state index contributed by atoms with van der Waals surface area (Å²) in [7, 11) is 3.38. The topological polar surface area (TPSA) is 102 Å². The molecule has 0 spiro atoms. The highest BCUT2D eigenvalue weighted by Crippen LogP contribution is 2.58. The van der Waals surface area contributed by atoms with E-state index < -0.39 is 17.7 Å². The minimum atomic E-state index is -0.963. The molecule has 1 aliphatic carbocycles. The van der Waals surface area contributed by atoms with Gasteiger partial charge in [-0.1, -0.05) is 75.0 Å². The number of methoxy groups -OCH3 is 2. The number of fused-ring (bicyclic) bond motifs is 8. The predicted molar refractivity (Wildman–Crippen MR) is 209 cm³/mol. The minimum absolute atomic E-state index is 0.0209. The average molecular weight is 726 g/mol. The van der Waals surface area contributed by atoms with Crippen molar-refractivity contribution in [1.29, 1.82) is 0 Å². The summed E-state index contributed by atoms with van der Waals surface area (Å²) in [6, 6.07) is 30.5. The minimum Gasteiger partial charge on any atom is -0.497 e. The number of alkyl carbamates (subject to hydrolysis) is 1. The molecule has 0 radical (unpaired) electrons. The van der Waals surface area contributed by atoms with Crippen molar-refractivity contribution in [3.8, 4) is 34.1 Å². The van der Waals surface area contributed by atoms with Crippen molar-refractivity contribution in [2.24, 2.45) is 0 Å². The zero-order valence-corrected chi connectivity index (χ0v) is 31.1. The Morgan fingerprint density at radius 1 is 0.778 bits per heavy atom. The van der Waals surface area contributed by atoms with E-state index in [4.69, 9.17) is 28.4 Å². The van der Waals surface area contributed by atoms with Gasteiger partial charge in [-0.15, -0.1) is 0 Å². The summed E-state index contributed by atoms with van der Waals surface area (Å²) in [5.41, 5.74) is 6.72. The van der Waals surface area contributed by atoms with Gasteiger partial charge in [-0.05, 0) is 83.1 Å². The van der Waals surface area contributed by atoms with Gasteiger partial charge in [0.25, 0.3) is 0 Å². The zero-order chi connectivity index (χ0) is 38.0. The van der Waals surface area contributed by atoms with Crippen molar-refractivity contribution in [3.05, 3.63) is 137 Å². The van der Waals surface area contributed by atoms with Crippen LogP contribution >= 0.6 is 0 Å².